The number of H-pyrrole nitrogens is 1. The summed E-state index contributed by atoms with van der Waals surface area (Å²) in [6, 6.07) is 15.1. The Morgan fingerprint density at radius 2 is 2.04 bits per heavy atom. The van der Waals surface area contributed by atoms with Crippen molar-refractivity contribution in [1.29, 1.82) is 0 Å². The summed E-state index contributed by atoms with van der Waals surface area (Å²) in [5.74, 6) is -0.295. The van der Waals surface area contributed by atoms with Crippen molar-refractivity contribution in [1.82, 2.24) is 15.1 Å². The number of likely N-dealkylation sites (tertiary alicyclic amines) is 1. The van der Waals surface area contributed by atoms with Crippen LogP contribution in [0.15, 0.2) is 54.7 Å². The van der Waals surface area contributed by atoms with Crippen LogP contribution in [-0.4, -0.2) is 34.0 Å². The van der Waals surface area contributed by atoms with Crippen LogP contribution in [0, 0.1) is 5.92 Å². The van der Waals surface area contributed by atoms with Crippen LogP contribution in [0.2, 0.25) is 0 Å². The molecule has 0 spiro atoms. The number of rotatable bonds is 3. The van der Waals surface area contributed by atoms with E-state index in [4.69, 9.17) is 0 Å². The number of nitrogens with zero attached hydrogens (tertiary/aromatic N) is 2. The van der Waals surface area contributed by atoms with Gasteiger partial charge in [-0.3, -0.25) is 14.7 Å². The van der Waals surface area contributed by atoms with Gasteiger partial charge in [0, 0.05) is 24.5 Å². The number of benzene rings is 2. The van der Waals surface area contributed by atoms with Gasteiger partial charge in [0.15, 0.2) is 0 Å². The molecular formula is C20H20N4O2. The van der Waals surface area contributed by atoms with Crippen molar-refractivity contribution < 1.29 is 9.59 Å². The minimum atomic E-state index is -0.294. The van der Waals surface area contributed by atoms with E-state index >= 15 is 0 Å². The normalized spacial score (nSPS) is 20.3. The molecule has 2 N–H and O–H groups in total. The standard InChI is InChI=1S/C20H20N4O2/c1-24-18(25)10-9-16(19(24)13-5-3-2-4-6-13)20(26)22-15-8-7-14-12-21-23-17(14)11-15/h2-8,11-12,16,19H,9-10H2,1H3,(H,21,23)(H,22,26)/t16-,19+/m0/s1. The minimum absolute atomic E-state index is 0.0711. The van der Waals surface area contributed by atoms with E-state index in [9.17, 15) is 9.59 Å². The Labute approximate surface area is 151 Å². The number of hydrogen-bond donors (Lipinski definition) is 2. The van der Waals surface area contributed by atoms with Crippen molar-refractivity contribution in [2.24, 2.45) is 5.92 Å². The third-order valence-electron chi connectivity index (χ3n) is 5.05. The monoisotopic (exact) mass is 348 g/mol. The molecule has 6 nitrogen and oxygen atoms in total. The van der Waals surface area contributed by atoms with Crippen LogP contribution in [0.4, 0.5) is 5.69 Å². The quantitative estimate of drug-likeness (QED) is 0.763. The number of amides is 2. The highest BCUT2D eigenvalue weighted by Crippen LogP contribution is 2.36. The fourth-order valence-electron chi connectivity index (χ4n) is 3.67. The molecule has 0 unspecified atom stereocenters. The summed E-state index contributed by atoms with van der Waals surface area (Å²) >= 11 is 0. The van der Waals surface area contributed by atoms with Gasteiger partial charge in [-0.25, -0.2) is 0 Å². The fraction of sp³-hybridized carbons (Fsp3) is 0.250. The predicted molar refractivity (Wildman–Crippen MR) is 99.4 cm³/mol. The van der Waals surface area contributed by atoms with E-state index in [0.29, 0.717) is 12.8 Å². The number of hydrogen-bond acceptors (Lipinski definition) is 3. The number of aromatic amines is 1. The Bertz CT molecular complexity index is 951. The maximum absolute atomic E-state index is 13.0. The summed E-state index contributed by atoms with van der Waals surface area (Å²) in [4.78, 5) is 26.9. The van der Waals surface area contributed by atoms with Gasteiger partial charge in [-0.15, -0.1) is 0 Å². The van der Waals surface area contributed by atoms with Crippen molar-refractivity contribution in [2.45, 2.75) is 18.9 Å². The molecule has 1 saturated heterocycles. The molecule has 1 aliphatic heterocycles. The lowest BCUT2D eigenvalue weighted by atomic mass is 9.84. The lowest BCUT2D eigenvalue weighted by Crippen LogP contribution is -2.44. The lowest BCUT2D eigenvalue weighted by Gasteiger charge is -2.38. The average molecular weight is 348 g/mol. The molecule has 1 aliphatic rings. The van der Waals surface area contributed by atoms with Gasteiger partial charge < -0.3 is 10.2 Å². The summed E-state index contributed by atoms with van der Waals surface area (Å²) in [6.45, 7) is 0. The van der Waals surface area contributed by atoms with Crippen LogP contribution in [0.1, 0.15) is 24.4 Å². The highest BCUT2D eigenvalue weighted by molar-refractivity contribution is 5.96. The van der Waals surface area contributed by atoms with E-state index in [1.807, 2.05) is 48.5 Å². The highest BCUT2D eigenvalue weighted by Gasteiger charge is 2.38. The van der Waals surface area contributed by atoms with Gasteiger partial charge in [-0.05, 0) is 30.2 Å². The number of aromatic nitrogens is 2. The second-order valence-electron chi connectivity index (χ2n) is 6.67. The zero-order valence-corrected chi connectivity index (χ0v) is 14.5. The third kappa shape index (κ3) is 2.94. The summed E-state index contributed by atoms with van der Waals surface area (Å²) in [7, 11) is 1.77. The molecule has 0 saturated carbocycles. The predicted octanol–water partition coefficient (Wildman–Crippen LogP) is 3.11. The summed E-state index contributed by atoms with van der Waals surface area (Å²) in [5, 5.41) is 10.9. The number of anilines is 1. The number of carbonyl (C=O) groups is 2. The van der Waals surface area contributed by atoms with Crippen LogP contribution in [0.5, 0.6) is 0 Å². The van der Waals surface area contributed by atoms with Crippen molar-refractivity contribution in [3.63, 3.8) is 0 Å². The molecule has 0 bridgehead atoms. The van der Waals surface area contributed by atoms with E-state index < -0.39 is 0 Å². The zero-order chi connectivity index (χ0) is 18.1. The topological polar surface area (TPSA) is 78.1 Å². The Morgan fingerprint density at radius 1 is 1.23 bits per heavy atom. The Balaban J connectivity index is 1.60. The van der Waals surface area contributed by atoms with E-state index in [1.165, 1.54) is 0 Å². The molecule has 0 aliphatic carbocycles. The van der Waals surface area contributed by atoms with Gasteiger partial charge in [0.1, 0.15) is 0 Å². The average Bonchev–Trinajstić information content (AvgIpc) is 3.12. The first kappa shape index (κ1) is 16.3. The van der Waals surface area contributed by atoms with Crippen LogP contribution in [0.25, 0.3) is 10.9 Å². The van der Waals surface area contributed by atoms with Gasteiger partial charge in [-0.1, -0.05) is 30.3 Å². The fourth-order valence-corrected chi connectivity index (χ4v) is 3.67. The maximum atomic E-state index is 13.0. The first-order chi connectivity index (χ1) is 12.6. The molecule has 26 heavy (non-hydrogen) atoms. The molecule has 1 fully saturated rings. The van der Waals surface area contributed by atoms with Gasteiger partial charge in [0.25, 0.3) is 0 Å². The Kier molecular flexibility index (Phi) is 4.16. The van der Waals surface area contributed by atoms with E-state index in [-0.39, 0.29) is 23.8 Å². The smallest absolute Gasteiger partial charge is 0.229 e. The molecule has 2 atom stereocenters. The Morgan fingerprint density at radius 3 is 2.85 bits per heavy atom. The van der Waals surface area contributed by atoms with Gasteiger partial charge in [-0.2, -0.15) is 5.10 Å². The second kappa shape index (κ2) is 6.63. The van der Waals surface area contributed by atoms with Crippen LogP contribution in [-0.2, 0) is 9.59 Å². The number of piperidine rings is 1. The summed E-state index contributed by atoms with van der Waals surface area (Å²) in [6.07, 6.45) is 2.67. The van der Waals surface area contributed by atoms with Crippen molar-refractivity contribution in [3.05, 3.63) is 60.3 Å². The molecule has 0 radical (unpaired) electrons. The van der Waals surface area contributed by atoms with Gasteiger partial charge >= 0.3 is 0 Å². The Hall–Kier alpha value is -3.15. The maximum Gasteiger partial charge on any atom is 0.229 e. The molecule has 2 aromatic carbocycles. The lowest BCUT2D eigenvalue weighted by molar-refractivity contribution is -0.140. The van der Waals surface area contributed by atoms with E-state index in [0.717, 1.165) is 22.2 Å². The van der Waals surface area contributed by atoms with Crippen molar-refractivity contribution >= 4 is 28.4 Å². The van der Waals surface area contributed by atoms with E-state index in [2.05, 4.69) is 15.5 Å². The summed E-state index contributed by atoms with van der Waals surface area (Å²) in [5.41, 5.74) is 2.57. The number of nitrogens with one attached hydrogen (secondary N) is 2. The summed E-state index contributed by atoms with van der Waals surface area (Å²) < 4.78 is 0. The molecular weight excluding hydrogens is 328 g/mol. The van der Waals surface area contributed by atoms with Crippen LogP contribution in [0.3, 0.4) is 0 Å². The minimum Gasteiger partial charge on any atom is -0.338 e. The number of fused-ring (bicyclic) bond motifs is 1. The molecule has 132 valence electrons. The van der Waals surface area contributed by atoms with Gasteiger partial charge in [0.05, 0.1) is 23.7 Å². The molecule has 1 aromatic heterocycles. The largest absolute Gasteiger partial charge is 0.338 e. The zero-order valence-electron chi connectivity index (χ0n) is 14.5. The molecule has 3 aromatic rings. The van der Waals surface area contributed by atoms with Crippen LogP contribution < -0.4 is 5.32 Å². The SMILES string of the molecule is CN1C(=O)CC[C@H](C(=O)Nc2ccc3cn[nH]c3c2)[C@H]1c1ccccc1. The van der Waals surface area contributed by atoms with Crippen molar-refractivity contribution in [2.75, 3.05) is 12.4 Å². The van der Waals surface area contributed by atoms with Gasteiger partial charge in [0.2, 0.25) is 11.8 Å². The van der Waals surface area contributed by atoms with E-state index in [1.54, 1.807) is 18.1 Å². The van der Waals surface area contributed by atoms with Crippen molar-refractivity contribution in [3.8, 4) is 0 Å². The molecule has 2 amide bonds. The first-order valence-electron chi connectivity index (χ1n) is 8.68. The molecule has 2 heterocycles. The third-order valence-corrected chi connectivity index (χ3v) is 5.05. The van der Waals surface area contributed by atoms with Crippen LogP contribution >= 0.6 is 0 Å². The first-order valence-corrected chi connectivity index (χ1v) is 8.68. The number of carbonyl (C=O) groups excluding carboxylic acids is 2. The molecule has 6 heteroatoms. The second-order valence-corrected chi connectivity index (χ2v) is 6.67. The highest BCUT2D eigenvalue weighted by atomic mass is 16.2. The molecule has 4 rings (SSSR count).